The Hall–Kier alpha value is -0.850. The minimum absolute atomic E-state index is 0.0340. The van der Waals surface area contributed by atoms with Gasteiger partial charge in [0.05, 0.1) is 4.90 Å². The molecule has 0 fully saturated rings. The molecule has 0 aliphatic heterocycles. The second-order valence-corrected chi connectivity index (χ2v) is 8.19. The monoisotopic (exact) mass is 315 g/mol. The first kappa shape index (κ1) is 18.2. The minimum atomic E-state index is -3.46. The second-order valence-electron chi connectivity index (χ2n) is 6.43. The summed E-state index contributed by atoms with van der Waals surface area (Å²) >= 11 is 0. The molecule has 0 saturated carbocycles. The van der Waals surface area contributed by atoms with E-state index in [0.29, 0.717) is 13.1 Å². The second kappa shape index (κ2) is 7.42. The van der Waals surface area contributed by atoms with E-state index in [1.54, 1.807) is 23.9 Å². The number of sulfonamides is 1. The number of hydrogen-bond acceptors (Lipinski definition) is 3. The molecule has 0 atom stereocenters. The van der Waals surface area contributed by atoms with E-state index in [9.17, 15) is 8.42 Å². The highest BCUT2D eigenvalue weighted by Crippen LogP contribution is 2.23. The van der Waals surface area contributed by atoms with Gasteiger partial charge in [-0.25, -0.2) is 13.1 Å². The fourth-order valence-electron chi connectivity index (χ4n) is 2.24. The maximum Gasteiger partial charge on any atom is 0.242 e. The van der Waals surface area contributed by atoms with Crippen LogP contribution in [0.15, 0.2) is 17.2 Å². The Balaban J connectivity index is 2.67. The Morgan fingerprint density at radius 1 is 1.33 bits per heavy atom. The van der Waals surface area contributed by atoms with Crippen LogP contribution in [-0.4, -0.2) is 19.5 Å². The molecule has 0 spiro atoms. The maximum absolute atomic E-state index is 12.3. The first-order chi connectivity index (χ1) is 9.72. The summed E-state index contributed by atoms with van der Waals surface area (Å²) in [6.45, 7) is 7.14. The zero-order valence-electron chi connectivity index (χ0n) is 13.6. The Morgan fingerprint density at radius 3 is 2.52 bits per heavy atom. The van der Waals surface area contributed by atoms with Gasteiger partial charge >= 0.3 is 0 Å². The Labute approximate surface area is 129 Å². The van der Waals surface area contributed by atoms with Gasteiger partial charge in [0.25, 0.3) is 0 Å². The molecule has 122 valence electrons. The number of hydrogen-bond donors (Lipinski definition) is 2. The number of aromatic nitrogens is 1. The highest BCUT2D eigenvalue weighted by molar-refractivity contribution is 7.89. The number of nitrogens with zero attached hydrogens (tertiary/aromatic N) is 1. The molecule has 6 heteroatoms. The van der Waals surface area contributed by atoms with Crippen LogP contribution in [-0.2, 0) is 23.6 Å². The summed E-state index contributed by atoms with van der Waals surface area (Å²) in [4.78, 5) is 0.287. The fraction of sp³-hybridized carbons (Fsp3) is 0.733. The third-order valence-corrected chi connectivity index (χ3v) is 5.17. The molecule has 1 aromatic rings. The molecule has 1 aromatic heterocycles. The van der Waals surface area contributed by atoms with Crippen molar-refractivity contribution in [2.24, 2.45) is 18.2 Å². The third-order valence-electron chi connectivity index (χ3n) is 3.80. The van der Waals surface area contributed by atoms with Crippen molar-refractivity contribution in [1.29, 1.82) is 0 Å². The van der Waals surface area contributed by atoms with Gasteiger partial charge in [0.15, 0.2) is 0 Å². The minimum Gasteiger partial charge on any atom is -0.352 e. The van der Waals surface area contributed by atoms with Crippen LogP contribution in [0.5, 0.6) is 0 Å². The van der Waals surface area contributed by atoms with Crippen molar-refractivity contribution in [3.8, 4) is 0 Å². The third kappa shape index (κ3) is 5.45. The Bertz CT molecular complexity index is 547. The van der Waals surface area contributed by atoms with Crippen LogP contribution in [0.4, 0.5) is 0 Å². The molecule has 21 heavy (non-hydrogen) atoms. The average Bonchev–Trinajstić information content (AvgIpc) is 2.79. The SMILES string of the molecule is CCCCCC(C)(C)CNS(=O)(=O)c1cc(CN)n(C)c1. The molecule has 0 saturated heterocycles. The summed E-state index contributed by atoms with van der Waals surface area (Å²) < 4.78 is 29.1. The highest BCUT2D eigenvalue weighted by atomic mass is 32.2. The molecule has 0 amide bonds. The molecule has 3 N–H and O–H groups in total. The van der Waals surface area contributed by atoms with E-state index in [-0.39, 0.29) is 10.3 Å². The van der Waals surface area contributed by atoms with E-state index in [4.69, 9.17) is 5.73 Å². The normalized spacial score (nSPS) is 12.8. The molecule has 0 aliphatic carbocycles. The van der Waals surface area contributed by atoms with E-state index < -0.39 is 10.0 Å². The molecular weight excluding hydrogens is 286 g/mol. The van der Waals surface area contributed by atoms with Gasteiger partial charge in [-0.2, -0.15) is 0 Å². The fourth-order valence-corrected chi connectivity index (χ4v) is 3.58. The zero-order valence-corrected chi connectivity index (χ0v) is 14.5. The maximum atomic E-state index is 12.3. The van der Waals surface area contributed by atoms with Gasteiger partial charge in [-0.15, -0.1) is 0 Å². The van der Waals surface area contributed by atoms with Crippen LogP contribution in [0.3, 0.4) is 0 Å². The van der Waals surface area contributed by atoms with Crippen molar-refractivity contribution in [3.05, 3.63) is 18.0 Å². The number of unbranched alkanes of at least 4 members (excludes halogenated alkanes) is 2. The van der Waals surface area contributed by atoms with Crippen LogP contribution < -0.4 is 10.5 Å². The summed E-state index contributed by atoms with van der Waals surface area (Å²) in [5.74, 6) is 0. The van der Waals surface area contributed by atoms with Gasteiger partial charge in [0, 0.05) is 32.0 Å². The standard InChI is InChI=1S/C15H29N3O2S/c1-5-6-7-8-15(2,3)12-17-21(19,20)14-9-13(10-16)18(4)11-14/h9,11,17H,5-8,10,12,16H2,1-4H3. The molecule has 0 radical (unpaired) electrons. The summed E-state index contributed by atoms with van der Waals surface area (Å²) in [5.41, 5.74) is 6.35. The zero-order chi connectivity index (χ0) is 16.1. The van der Waals surface area contributed by atoms with Crippen LogP contribution in [0, 0.1) is 5.41 Å². The van der Waals surface area contributed by atoms with Crippen molar-refractivity contribution >= 4 is 10.0 Å². The van der Waals surface area contributed by atoms with Crippen LogP contribution in [0.2, 0.25) is 0 Å². The molecule has 5 nitrogen and oxygen atoms in total. The molecule has 1 rings (SSSR count). The van der Waals surface area contributed by atoms with Crippen molar-refractivity contribution < 1.29 is 8.42 Å². The molecule has 0 aromatic carbocycles. The van der Waals surface area contributed by atoms with Gasteiger partial charge in [0.1, 0.15) is 0 Å². The number of rotatable bonds is 9. The summed E-state index contributed by atoms with van der Waals surface area (Å²) in [7, 11) is -1.66. The predicted molar refractivity (Wildman–Crippen MR) is 86.4 cm³/mol. The molecule has 1 heterocycles. The lowest BCUT2D eigenvalue weighted by Crippen LogP contribution is -2.33. The molecule has 0 unspecified atom stereocenters. The van der Waals surface area contributed by atoms with Crippen LogP contribution >= 0.6 is 0 Å². The summed E-state index contributed by atoms with van der Waals surface area (Å²) in [6, 6.07) is 1.63. The van der Waals surface area contributed by atoms with E-state index in [0.717, 1.165) is 18.5 Å². The van der Waals surface area contributed by atoms with Crippen LogP contribution in [0.1, 0.15) is 52.1 Å². The van der Waals surface area contributed by atoms with Crippen LogP contribution in [0.25, 0.3) is 0 Å². The van der Waals surface area contributed by atoms with Gasteiger partial charge < -0.3 is 10.3 Å². The Kier molecular flexibility index (Phi) is 6.43. The lowest BCUT2D eigenvalue weighted by Gasteiger charge is -2.24. The first-order valence-electron chi connectivity index (χ1n) is 7.57. The van der Waals surface area contributed by atoms with Crippen molar-refractivity contribution in [2.75, 3.05) is 6.54 Å². The highest BCUT2D eigenvalue weighted by Gasteiger charge is 2.23. The van der Waals surface area contributed by atoms with E-state index in [1.807, 2.05) is 0 Å². The van der Waals surface area contributed by atoms with Gasteiger partial charge in [-0.1, -0.05) is 40.0 Å². The van der Waals surface area contributed by atoms with Gasteiger partial charge in [-0.3, -0.25) is 0 Å². The summed E-state index contributed by atoms with van der Waals surface area (Å²) in [5, 5.41) is 0. The topological polar surface area (TPSA) is 77.1 Å². The summed E-state index contributed by atoms with van der Waals surface area (Å²) in [6.07, 6.45) is 6.12. The lowest BCUT2D eigenvalue weighted by atomic mass is 9.87. The number of nitrogens with two attached hydrogens (primary N) is 1. The number of aryl methyl sites for hydroxylation is 1. The predicted octanol–water partition coefficient (Wildman–Crippen LogP) is 2.37. The van der Waals surface area contributed by atoms with E-state index in [2.05, 4.69) is 25.5 Å². The van der Waals surface area contributed by atoms with Gasteiger partial charge in [0.2, 0.25) is 10.0 Å². The first-order valence-corrected chi connectivity index (χ1v) is 9.05. The van der Waals surface area contributed by atoms with E-state index in [1.165, 1.54) is 12.8 Å². The molecular formula is C15H29N3O2S. The smallest absolute Gasteiger partial charge is 0.242 e. The Morgan fingerprint density at radius 2 is 2.00 bits per heavy atom. The molecule has 0 aliphatic rings. The van der Waals surface area contributed by atoms with Gasteiger partial charge in [-0.05, 0) is 17.9 Å². The van der Waals surface area contributed by atoms with Crippen molar-refractivity contribution in [3.63, 3.8) is 0 Å². The van der Waals surface area contributed by atoms with E-state index >= 15 is 0 Å². The molecule has 0 bridgehead atoms. The average molecular weight is 315 g/mol. The number of nitrogens with one attached hydrogen (secondary N) is 1. The van der Waals surface area contributed by atoms with Crippen molar-refractivity contribution in [1.82, 2.24) is 9.29 Å². The van der Waals surface area contributed by atoms with Crippen molar-refractivity contribution in [2.45, 2.75) is 57.9 Å². The lowest BCUT2D eigenvalue weighted by molar-refractivity contribution is 0.320. The quantitative estimate of drug-likeness (QED) is 0.687. The largest absolute Gasteiger partial charge is 0.352 e.